The second-order valence-corrected chi connectivity index (χ2v) is 7.48. The molecule has 0 aliphatic carbocycles. The molecule has 1 aliphatic rings. The van der Waals surface area contributed by atoms with Crippen LogP contribution < -0.4 is 5.73 Å². The van der Waals surface area contributed by atoms with E-state index >= 15 is 0 Å². The smallest absolute Gasteiger partial charge is 0.244 e. The zero-order valence-corrected chi connectivity index (χ0v) is 13.0. The second kappa shape index (κ2) is 5.48. The molecule has 1 unspecified atom stereocenters. The Bertz CT molecular complexity index is 608. The number of hydrogen-bond donors (Lipinski definition) is 1. The number of halogens is 1. The number of aromatic nitrogens is 1. The highest BCUT2D eigenvalue weighted by Crippen LogP contribution is 2.29. The fourth-order valence-corrected chi connectivity index (χ4v) is 4.05. The number of hydrogen-bond acceptors (Lipinski definition) is 5. The van der Waals surface area contributed by atoms with Gasteiger partial charge in [-0.1, -0.05) is 11.6 Å². The van der Waals surface area contributed by atoms with Gasteiger partial charge in [-0.2, -0.15) is 4.31 Å². The molecule has 0 bridgehead atoms. The number of nitrogens with zero attached hydrogens (tertiary/aromatic N) is 2. The summed E-state index contributed by atoms with van der Waals surface area (Å²) < 4.78 is 32.0. The Morgan fingerprint density at radius 2 is 2.25 bits per heavy atom. The maximum atomic E-state index is 12.6. The van der Waals surface area contributed by atoms with Crippen LogP contribution in [0.4, 0.5) is 5.82 Å². The quantitative estimate of drug-likeness (QED) is 0.912. The van der Waals surface area contributed by atoms with Crippen molar-refractivity contribution in [3.05, 3.63) is 17.3 Å². The predicted molar refractivity (Wildman–Crippen MR) is 77.1 cm³/mol. The Balaban J connectivity index is 2.32. The largest absolute Gasteiger partial charge is 0.382 e. The van der Waals surface area contributed by atoms with Crippen molar-refractivity contribution in [3.63, 3.8) is 0 Å². The minimum Gasteiger partial charge on any atom is -0.382 e. The van der Waals surface area contributed by atoms with Gasteiger partial charge in [-0.25, -0.2) is 13.4 Å². The zero-order valence-electron chi connectivity index (χ0n) is 11.5. The molecule has 1 aliphatic heterocycles. The molecule has 1 fully saturated rings. The highest BCUT2D eigenvalue weighted by atomic mass is 35.5. The number of anilines is 1. The van der Waals surface area contributed by atoms with Crippen molar-refractivity contribution in [2.45, 2.75) is 30.3 Å². The molecule has 8 heteroatoms. The van der Waals surface area contributed by atoms with Gasteiger partial charge >= 0.3 is 0 Å². The zero-order chi connectivity index (χ0) is 15.0. The van der Waals surface area contributed by atoms with E-state index in [4.69, 9.17) is 22.1 Å². The van der Waals surface area contributed by atoms with Gasteiger partial charge in [0, 0.05) is 26.4 Å². The minimum absolute atomic E-state index is 0.0528. The standard InChI is InChI=1S/C12H18ClN3O3S/c1-12(19-2)4-3-5-16(8-12)20(17,18)9-6-10(13)11(14)15-7-9/h6-7H,3-5,8H2,1-2H3,(H2,14,15). The van der Waals surface area contributed by atoms with Gasteiger partial charge in [-0.15, -0.1) is 0 Å². The van der Waals surface area contributed by atoms with E-state index in [1.54, 1.807) is 7.11 Å². The SMILES string of the molecule is COC1(C)CCCN(S(=O)(=O)c2cnc(N)c(Cl)c2)C1. The van der Waals surface area contributed by atoms with Gasteiger partial charge in [-0.3, -0.25) is 0 Å². The Kier molecular flexibility index (Phi) is 4.24. The number of piperidine rings is 1. The van der Waals surface area contributed by atoms with Gasteiger partial charge in [0.25, 0.3) is 0 Å². The summed E-state index contributed by atoms with van der Waals surface area (Å²) in [5, 5.41) is 0.137. The maximum absolute atomic E-state index is 12.6. The molecule has 0 aromatic carbocycles. The number of methoxy groups -OCH3 is 1. The predicted octanol–water partition coefficient (Wildman–Crippen LogP) is 1.51. The van der Waals surface area contributed by atoms with Crippen LogP contribution in [0.1, 0.15) is 19.8 Å². The third-order valence-electron chi connectivity index (χ3n) is 3.60. The van der Waals surface area contributed by atoms with E-state index in [-0.39, 0.29) is 15.7 Å². The van der Waals surface area contributed by atoms with Gasteiger partial charge < -0.3 is 10.5 Å². The lowest BCUT2D eigenvalue weighted by molar-refractivity contribution is -0.0319. The molecule has 1 aromatic heterocycles. The Morgan fingerprint density at radius 3 is 2.85 bits per heavy atom. The van der Waals surface area contributed by atoms with Gasteiger partial charge in [0.1, 0.15) is 10.7 Å². The highest BCUT2D eigenvalue weighted by molar-refractivity contribution is 7.89. The van der Waals surface area contributed by atoms with Crippen LogP contribution in [-0.4, -0.2) is 43.5 Å². The Labute approximate surface area is 123 Å². The van der Waals surface area contributed by atoms with E-state index in [2.05, 4.69) is 4.98 Å². The molecule has 0 radical (unpaired) electrons. The van der Waals surface area contributed by atoms with Crippen molar-refractivity contribution in [1.29, 1.82) is 0 Å². The minimum atomic E-state index is -3.63. The molecule has 6 nitrogen and oxygen atoms in total. The number of nitrogens with two attached hydrogens (primary N) is 1. The van der Waals surface area contributed by atoms with Gasteiger partial charge in [0.05, 0.1) is 10.6 Å². The van der Waals surface area contributed by atoms with Crippen LogP contribution in [0.3, 0.4) is 0 Å². The van der Waals surface area contributed by atoms with Crippen molar-refractivity contribution >= 4 is 27.4 Å². The molecule has 2 rings (SSSR count). The topological polar surface area (TPSA) is 85.5 Å². The molecule has 0 spiro atoms. The van der Waals surface area contributed by atoms with Crippen LogP contribution in [0.5, 0.6) is 0 Å². The fourth-order valence-electron chi connectivity index (χ4n) is 2.25. The van der Waals surface area contributed by atoms with E-state index in [0.717, 1.165) is 12.8 Å². The summed E-state index contributed by atoms with van der Waals surface area (Å²) in [5.74, 6) is 0.117. The first-order valence-corrected chi connectivity index (χ1v) is 8.07. The number of rotatable bonds is 3. The summed E-state index contributed by atoms with van der Waals surface area (Å²) in [7, 11) is -2.04. The van der Waals surface area contributed by atoms with Crippen molar-refractivity contribution < 1.29 is 13.2 Å². The molecule has 1 aromatic rings. The van der Waals surface area contributed by atoms with Gasteiger partial charge in [-0.05, 0) is 25.8 Å². The summed E-state index contributed by atoms with van der Waals surface area (Å²) in [6.07, 6.45) is 2.81. The third kappa shape index (κ3) is 2.90. The van der Waals surface area contributed by atoms with Crippen molar-refractivity contribution in [1.82, 2.24) is 9.29 Å². The highest BCUT2D eigenvalue weighted by Gasteiger charge is 2.37. The fraction of sp³-hybridized carbons (Fsp3) is 0.583. The third-order valence-corrected chi connectivity index (χ3v) is 5.71. The normalized spacial score (nSPS) is 24.8. The monoisotopic (exact) mass is 319 g/mol. The molecule has 112 valence electrons. The lowest BCUT2D eigenvalue weighted by Gasteiger charge is -2.38. The molecule has 1 saturated heterocycles. The molecule has 2 N–H and O–H groups in total. The average molecular weight is 320 g/mol. The van der Waals surface area contributed by atoms with Crippen LogP contribution in [0.15, 0.2) is 17.2 Å². The molecule has 2 heterocycles. The van der Waals surface area contributed by atoms with E-state index in [1.807, 2.05) is 6.92 Å². The van der Waals surface area contributed by atoms with E-state index in [1.165, 1.54) is 16.6 Å². The summed E-state index contributed by atoms with van der Waals surface area (Å²) in [4.78, 5) is 3.86. The maximum Gasteiger partial charge on any atom is 0.244 e. The summed E-state index contributed by atoms with van der Waals surface area (Å²) >= 11 is 5.85. The number of sulfonamides is 1. The number of ether oxygens (including phenoxy) is 1. The molecule has 20 heavy (non-hydrogen) atoms. The second-order valence-electron chi connectivity index (χ2n) is 5.13. The number of pyridine rings is 1. The van der Waals surface area contributed by atoms with E-state index in [0.29, 0.717) is 13.1 Å². The lowest BCUT2D eigenvalue weighted by atomic mass is 9.96. The average Bonchev–Trinajstić information content (AvgIpc) is 2.42. The number of nitrogen functional groups attached to an aromatic ring is 1. The Morgan fingerprint density at radius 1 is 1.55 bits per heavy atom. The van der Waals surface area contributed by atoms with E-state index in [9.17, 15) is 8.42 Å². The first-order chi connectivity index (χ1) is 9.28. The molecule has 1 atom stereocenters. The molecular formula is C12H18ClN3O3S. The van der Waals surface area contributed by atoms with Gasteiger partial charge in [0.2, 0.25) is 10.0 Å². The Hall–Kier alpha value is -0.890. The van der Waals surface area contributed by atoms with Crippen molar-refractivity contribution in [2.24, 2.45) is 0 Å². The molecular weight excluding hydrogens is 302 g/mol. The summed E-state index contributed by atoms with van der Waals surface area (Å²) in [6.45, 7) is 2.68. The first kappa shape index (κ1) is 15.5. The first-order valence-electron chi connectivity index (χ1n) is 6.25. The summed E-state index contributed by atoms with van der Waals surface area (Å²) in [5.41, 5.74) is 5.04. The van der Waals surface area contributed by atoms with Crippen LogP contribution in [0, 0.1) is 0 Å². The van der Waals surface area contributed by atoms with Crippen LogP contribution in [-0.2, 0) is 14.8 Å². The summed E-state index contributed by atoms with van der Waals surface area (Å²) in [6, 6.07) is 1.33. The van der Waals surface area contributed by atoms with Crippen LogP contribution in [0.2, 0.25) is 5.02 Å². The van der Waals surface area contributed by atoms with E-state index < -0.39 is 15.6 Å². The molecule has 0 amide bonds. The van der Waals surface area contributed by atoms with Crippen molar-refractivity contribution in [2.75, 3.05) is 25.9 Å². The molecule has 0 saturated carbocycles. The van der Waals surface area contributed by atoms with Crippen LogP contribution in [0.25, 0.3) is 0 Å². The van der Waals surface area contributed by atoms with Gasteiger partial charge in [0.15, 0.2) is 0 Å². The van der Waals surface area contributed by atoms with Crippen LogP contribution >= 0.6 is 11.6 Å². The lowest BCUT2D eigenvalue weighted by Crippen LogP contribution is -2.49. The van der Waals surface area contributed by atoms with Crippen molar-refractivity contribution in [3.8, 4) is 0 Å².